The number of hydrogen-bond donors (Lipinski definition) is 3. The van der Waals surface area contributed by atoms with E-state index in [2.05, 4.69) is 20.7 Å². The number of nitrogens with zero attached hydrogens (tertiary/aromatic N) is 4. The predicted octanol–water partition coefficient (Wildman–Crippen LogP) is 0.760. The molecule has 0 saturated heterocycles. The second kappa shape index (κ2) is 6.16. The number of hydrogen-bond acceptors (Lipinski definition) is 5. The second-order valence-corrected chi connectivity index (χ2v) is 4.58. The van der Waals surface area contributed by atoms with Gasteiger partial charge in [0.15, 0.2) is 5.84 Å². The van der Waals surface area contributed by atoms with Crippen molar-refractivity contribution in [3.63, 3.8) is 0 Å². The van der Waals surface area contributed by atoms with Crippen LogP contribution >= 0.6 is 0 Å². The monoisotopic (exact) mass is 274 g/mol. The number of benzene rings is 1. The molecule has 7 nitrogen and oxygen atoms in total. The number of aryl methyl sites for hydroxylation is 1. The third-order valence-corrected chi connectivity index (χ3v) is 3.10. The topological polar surface area (TPSA) is 101 Å². The van der Waals surface area contributed by atoms with Crippen LogP contribution in [0.3, 0.4) is 0 Å². The van der Waals surface area contributed by atoms with Gasteiger partial charge in [0.1, 0.15) is 12.2 Å². The maximum absolute atomic E-state index is 8.60. The molecule has 7 heteroatoms. The van der Waals surface area contributed by atoms with Gasteiger partial charge in [-0.2, -0.15) is 0 Å². The molecular formula is C13H18N6O. The number of aromatic nitrogens is 3. The summed E-state index contributed by atoms with van der Waals surface area (Å²) in [5.41, 5.74) is 7.31. The lowest BCUT2D eigenvalue weighted by molar-refractivity contribution is 0.318. The van der Waals surface area contributed by atoms with Crippen LogP contribution in [0.25, 0.3) is 0 Å². The highest BCUT2D eigenvalue weighted by atomic mass is 16.4. The Labute approximate surface area is 117 Å². The van der Waals surface area contributed by atoms with Gasteiger partial charge in [0, 0.05) is 19.2 Å². The van der Waals surface area contributed by atoms with Crippen molar-refractivity contribution < 1.29 is 5.21 Å². The number of nitrogens with two attached hydrogens (primary N) is 1. The first-order valence-electron chi connectivity index (χ1n) is 6.26. The fourth-order valence-electron chi connectivity index (χ4n) is 1.90. The lowest BCUT2D eigenvalue weighted by Gasteiger charge is -2.13. The first kappa shape index (κ1) is 14.0. The molecule has 0 fully saturated rings. The number of rotatable bonds is 5. The second-order valence-electron chi connectivity index (χ2n) is 4.58. The third-order valence-electron chi connectivity index (χ3n) is 3.10. The molecule has 20 heavy (non-hydrogen) atoms. The molecule has 1 aromatic heterocycles. The molecule has 1 atom stereocenters. The van der Waals surface area contributed by atoms with E-state index in [0.29, 0.717) is 12.1 Å². The largest absolute Gasteiger partial charge is 0.409 e. The first-order valence-corrected chi connectivity index (χ1v) is 6.26. The van der Waals surface area contributed by atoms with Crippen LogP contribution in [0.2, 0.25) is 0 Å². The highest BCUT2D eigenvalue weighted by molar-refractivity contribution is 5.96. The van der Waals surface area contributed by atoms with Crippen LogP contribution in [0.15, 0.2) is 35.7 Å². The summed E-state index contributed by atoms with van der Waals surface area (Å²) >= 11 is 0. The Balaban J connectivity index is 1.96. The fraction of sp³-hybridized carbons (Fsp3) is 0.308. The van der Waals surface area contributed by atoms with E-state index < -0.39 is 0 Å². The van der Waals surface area contributed by atoms with E-state index >= 15 is 0 Å². The SMILES string of the molecule is CC(NCc1ccc(C(N)=NO)cc1)c1nncn1C. The maximum Gasteiger partial charge on any atom is 0.170 e. The van der Waals surface area contributed by atoms with Crippen molar-refractivity contribution in [2.75, 3.05) is 0 Å². The maximum atomic E-state index is 8.60. The fourth-order valence-corrected chi connectivity index (χ4v) is 1.90. The van der Waals surface area contributed by atoms with Crippen LogP contribution in [0.5, 0.6) is 0 Å². The highest BCUT2D eigenvalue weighted by Gasteiger charge is 2.10. The molecule has 106 valence electrons. The van der Waals surface area contributed by atoms with E-state index in [-0.39, 0.29) is 11.9 Å². The average Bonchev–Trinajstić information content (AvgIpc) is 2.90. The Bertz CT molecular complexity index is 589. The molecule has 2 rings (SSSR count). The van der Waals surface area contributed by atoms with E-state index in [0.717, 1.165) is 11.4 Å². The zero-order valence-corrected chi connectivity index (χ0v) is 11.5. The summed E-state index contributed by atoms with van der Waals surface area (Å²) in [5.74, 6) is 0.996. The number of oxime groups is 1. The van der Waals surface area contributed by atoms with Gasteiger partial charge in [-0.25, -0.2) is 0 Å². The molecule has 0 bridgehead atoms. The Kier molecular flexibility index (Phi) is 4.31. The minimum atomic E-state index is 0.103. The average molecular weight is 274 g/mol. The van der Waals surface area contributed by atoms with Crippen molar-refractivity contribution in [2.45, 2.75) is 19.5 Å². The molecule has 2 aromatic rings. The van der Waals surface area contributed by atoms with E-state index in [4.69, 9.17) is 10.9 Å². The smallest absolute Gasteiger partial charge is 0.170 e. The van der Waals surface area contributed by atoms with Crippen LogP contribution in [0, 0.1) is 0 Å². The third kappa shape index (κ3) is 3.12. The summed E-state index contributed by atoms with van der Waals surface area (Å²) in [6.45, 7) is 2.74. The number of nitrogens with one attached hydrogen (secondary N) is 1. The molecule has 0 spiro atoms. The van der Waals surface area contributed by atoms with Crippen LogP contribution in [0.1, 0.15) is 29.9 Å². The van der Waals surface area contributed by atoms with Gasteiger partial charge < -0.3 is 20.8 Å². The van der Waals surface area contributed by atoms with E-state index in [1.54, 1.807) is 6.33 Å². The highest BCUT2D eigenvalue weighted by Crippen LogP contribution is 2.10. The molecule has 0 aliphatic rings. The van der Waals surface area contributed by atoms with Crippen LogP contribution < -0.4 is 11.1 Å². The lowest BCUT2D eigenvalue weighted by Crippen LogP contribution is -2.21. The van der Waals surface area contributed by atoms with Crippen molar-refractivity contribution in [1.82, 2.24) is 20.1 Å². The van der Waals surface area contributed by atoms with Crippen LogP contribution in [-0.2, 0) is 13.6 Å². The Morgan fingerprint density at radius 1 is 1.45 bits per heavy atom. The van der Waals surface area contributed by atoms with Crippen molar-refractivity contribution in [2.24, 2.45) is 17.9 Å². The summed E-state index contributed by atoms with van der Waals surface area (Å²) in [5, 5.41) is 22.9. The molecule has 4 N–H and O–H groups in total. The minimum absolute atomic E-state index is 0.103. The van der Waals surface area contributed by atoms with Gasteiger partial charge in [-0.05, 0) is 12.5 Å². The van der Waals surface area contributed by atoms with Crippen LogP contribution in [-0.4, -0.2) is 25.8 Å². The van der Waals surface area contributed by atoms with E-state index in [9.17, 15) is 0 Å². The first-order chi connectivity index (χ1) is 9.61. The number of amidine groups is 1. The van der Waals surface area contributed by atoms with Gasteiger partial charge in [-0.3, -0.25) is 0 Å². The van der Waals surface area contributed by atoms with Gasteiger partial charge in [0.25, 0.3) is 0 Å². The molecule has 0 saturated carbocycles. The van der Waals surface area contributed by atoms with Crippen LogP contribution in [0.4, 0.5) is 0 Å². The molecule has 1 aromatic carbocycles. The molecule has 0 aliphatic heterocycles. The van der Waals surface area contributed by atoms with E-state index in [1.165, 1.54) is 0 Å². The zero-order chi connectivity index (χ0) is 14.5. The molecule has 0 amide bonds. The van der Waals surface area contributed by atoms with Gasteiger partial charge in [0.2, 0.25) is 0 Å². The van der Waals surface area contributed by atoms with Crippen molar-refractivity contribution in [1.29, 1.82) is 0 Å². The van der Waals surface area contributed by atoms with E-state index in [1.807, 2.05) is 42.8 Å². The normalized spacial score (nSPS) is 13.4. The molecular weight excluding hydrogens is 256 g/mol. The summed E-state index contributed by atoms with van der Waals surface area (Å²) in [4.78, 5) is 0. The van der Waals surface area contributed by atoms with Gasteiger partial charge in [-0.1, -0.05) is 29.4 Å². The Hall–Kier alpha value is -2.41. The van der Waals surface area contributed by atoms with Crippen molar-refractivity contribution >= 4 is 5.84 Å². The van der Waals surface area contributed by atoms with Gasteiger partial charge in [-0.15, -0.1) is 10.2 Å². The molecule has 0 radical (unpaired) electrons. The van der Waals surface area contributed by atoms with Crippen molar-refractivity contribution in [3.8, 4) is 0 Å². The van der Waals surface area contributed by atoms with Crippen molar-refractivity contribution in [3.05, 3.63) is 47.5 Å². The zero-order valence-electron chi connectivity index (χ0n) is 11.5. The predicted molar refractivity (Wildman–Crippen MR) is 75.2 cm³/mol. The molecule has 1 heterocycles. The van der Waals surface area contributed by atoms with Gasteiger partial charge >= 0.3 is 0 Å². The molecule has 0 aliphatic carbocycles. The summed E-state index contributed by atoms with van der Waals surface area (Å²) in [6, 6.07) is 7.61. The quantitative estimate of drug-likeness (QED) is 0.323. The minimum Gasteiger partial charge on any atom is -0.409 e. The standard InChI is InChI=1S/C13H18N6O/c1-9(13-17-16-8-19(13)2)15-7-10-3-5-11(6-4-10)12(14)18-20/h3-6,8-9,15,20H,7H2,1-2H3,(H2,14,18). The lowest BCUT2D eigenvalue weighted by atomic mass is 10.1. The summed E-state index contributed by atoms with van der Waals surface area (Å²) < 4.78 is 1.89. The summed E-state index contributed by atoms with van der Waals surface area (Å²) in [7, 11) is 1.92. The Morgan fingerprint density at radius 2 is 2.15 bits per heavy atom. The molecule has 1 unspecified atom stereocenters. The summed E-state index contributed by atoms with van der Waals surface area (Å²) in [6.07, 6.45) is 1.68. The Morgan fingerprint density at radius 3 is 2.70 bits per heavy atom. The van der Waals surface area contributed by atoms with Gasteiger partial charge in [0.05, 0.1) is 6.04 Å².